The van der Waals surface area contributed by atoms with E-state index in [0.29, 0.717) is 6.04 Å². The van der Waals surface area contributed by atoms with Gasteiger partial charge in [0, 0.05) is 36.7 Å². The first-order valence-electron chi connectivity index (χ1n) is 10.2. The van der Waals surface area contributed by atoms with Crippen molar-refractivity contribution in [3.63, 3.8) is 0 Å². The smallest absolute Gasteiger partial charge is 0.0566 e. The van der Waals surface area contributed by atoms with Crippen molar-refractivity contribution in [3.05, 3.63) is 52.2 Å². The average molecular weight is 370 g/mol. The van der Waals surface area contributed by atoms with Gasteiger partial charge in [-0.25, -0.2) is 0 Å². The van der Waals surface area contributed by atoms with Gasteiger partial charge in [-0.3, -0.25) is 4.90 Å². The number of nitrogens with zero attached hydrogens (tertiary/aromatic N) is 2. The monoisotopic (exact) mass is 369 g/mol. The molecule has 0 unspecified atom stereocenters. The molecule has 0 bridgehead atoms. The molecule has 4 heteroatoms. The lowest BCUT2D eigenvalue weighted by molar-refractivity contribution is 0.242. The number of hydrogen-bond acceptors (Lipinski definition) is 4. The van der Waals surface area contributed by atoms with Crippen LogP contribution in [-0.4, -0.2) is 37.6 Å². The summed E-state index contributed by atoms with van der Waals surface area (Å²) in [5.41, 5.74) is 2.78. The molecule has 1 N–H and O–H groups in total. The highest BCUT2D eigenvalue weighted by Gasteiger charge is 2.23. The molecule has 3 nitrogen and oxygen atoms in total. The summed E-state index contributed by atoms with van der Waals surface area (Å²) in [5, 5.41) is 5.92. The summed E-state index contributed by atoms with van der Waals surface area (Å²) < 4.78 is 0. The Morgan fingerprint density at radius 3 is 2.31 bits per heavy atom. The minimum atomic E-state index is 0.533. The van der Waals surface area contributed by atoms with Crippen molar-refractivity contribution in [3.8, 4) is 0 Å². The first kappa shape index (κ1) is 18.0. The number of rotatable bonds is 7. The maximum absolute atomic E-state index is 3.72. The minimum absolute atomic E-state index is 0.533. The van der Waals surface area contributed by atoms with E-state index in [2.05, 4.69) is 56.9 Å². The predicted molar refractivity (Wildman–Crippen MR) is 112 cm³/mol. The second-order valence-corrected chi connectivity index (χ2v) is 8.60. The van der Waals surface area contributed by atoms with Crippen LogP contribution in [0.5, 0.6) is 0 Å². The van der Waals surface area contributed by atoms with Gasteiger partial charge in [0.25, 0.3) is 0 Å². The van der Waals surface area contributed by atoms with E-state index in [9.17, 15) is 0 Å². The molecule has 4 rings (SSSR count). The van der Waals surface area contributed by atoms with E-state index in [4.69, 9.17) is 0 Å². The number of nitrogens with one attached hydrogen (secondary N) is 1. The largest absolute Gasteiger partial charge is 0.372 e. The molecule has 0 aliphatic carbocycles. The van der Waals surface area contributed by atoms with E-state index in [1.165, 1.54) is 74.4 Å². The van der Waals surface area contributed by atoms with Gasteiger partial charge in [0.05, 0.1) is 6.04 Å². The maximum atomic E-state index is 3.72. The fraction of sp³-hybridized carbons (Fsp3) is 0.545. The molecule has 2 aromatic rings. The van der Waals surface area contributed by atoms with Gasteiger partial charge in [-0.1, -0.05) is 18.2 Å². The minimum Gasteiger partial charge on any atom is -0.372 e. The van der Waals surface area contributed by atoms with Crippen LogP contribution >= 0.6 is 11.3 Å². The van der Waals surface area contributed by atoms with Crippen molar-refractivity contribution in [1.29, 1.82) is 0 Å². The van der Waals surface area contributed by atoms with Crippen molar-refractivity contribution in [1.82, 2.24) is 10.2 Å². The summed E-state index contributed by atoms with van der Waals surface area (Å²) in [5.74, 6) is 0. The van der Waals surface area contributed by atoms with Gasteiger partial charge in [-0.05, 0) is 74.3 Å². The fourth-order valence-electron chi connectivity index (χ4n) is 4.27. The van der Waals surface area contributed by atoms with Crippen molar-refractivity contribution in [2.24, 2.45) is 0 Å². The highest BCUT2D eigenvalue weighted by molar-refractivity contribution is 7.10. The summed E-state index contributed by atoms with van der Waals surface area (Å²) in [6.07, 6.45) is 6.76. The van der Waals surface area contributed by atoms with Crippen LogP contribution in [0.25, 0.3) is 0 Å². The highest BCUT2D eigenvalue weighted by atomic mass is 32.1. The van der Waals surface area contributed by atoms with E-state index in [1.807, 2.05) is 11.3 Å². The number of thiophene rings is 1. The van der Waals surface area contributed by atoms with Crippen molar-refractivity contribution in [2.45, 2.75) is 44.7 Å². The van der Waals surface area contributed by atoms with Crippen LogP contribution in [0.1, 0.15) is 48.6 Å². The molecule has 2 aliphatic heterocycles. The summed E-state index contributed by atoms with van der Waals surface area (Å²) in [7, 11) is 0. The number of anilines is 1. The van der Waals surface area contributed by atoms with Crippen LogP contribution in [0, 0.1) is 0 Å². The normalized spacial score (nSPS) is 19.8. The Morgan fingerprint density at radius 2 is 1.62 bits per heavy atom. The standard InChI is InChI=1S/C22H31N3S/c1-2-12-24(13-3-1)20-10-8-19(9-11-20)17-23-18-21(22-7-6-16-26-22)25-14-4-5-15-25/h6-11,16,21,23H,1-5,12-15,17-18H2/t21-/m0/s1. The molecule has 1 aromatic heterocycles. The Labute approximate surface area is 162 Å². The molecule has 1 atom stereocenters. The van der Waals surface area contributed by atoms with Gasteiger partial charge in [0.1, 0.15) is 0 Å². The molecular weight excluding hydrogens is 338 g/mol. The SMILES string of the molecule is c1csc([C@H](CNCc2ccc(N3CCCCC3)cc2)N2CCCC2)c1. The second-order valence-electron chi connectivity index (χ2n) is 7.62. The van der Waals surface area contributed by atoms with Crippen LogP contribution in [-0.2, 0) is 6.54 Å². The Hall–Kier alpha value is -1.36. The Bertz CT molecular complexity index is 641. The fourth-order valence-corrected chi connectivity index (χ4v) is 5.13. The summed E-state index contributed by atoms with van der Waals surface area (Å²) in [6.45, 7) is 6.92. The number of hydrogen-bond donors (Lipinski definition) is 1. The molecule has 0 saturated carbocycles. The van der Waals surface area contributed by atoms with E-state index in [1.54, 1.807) is 0 Å². The van der Waals surface area contributed by atoms with E-state index in [0.717, 1.165) is 13.1 Å². The lowest BCUT2D eigenvalue weighted by atomic mass is 10.1. The first-order valence-corrected chi connectivity index (χ1v) is 11.1. The number of likely N-dealkylation sites (tertiary alicyclic amines) is 1. The predicted octanol–water partition coefficient (Wildman–Crippen LogP) is 4.67. The zero-order chi connectivity index (χ0) is 17.6. The third kappa shape index (κ3) is 4.48. The lowest BCUT2D eigenvalue weighted by Crippen LogP contribution is -2.33. The van der Waals surface area contributed by atoms with Crippen LogP contribution in [0.2, 0.25) is 0 Å². The zero-order valence-electron chi connectivity index (χ0n) is 15.7. The van der Waals surface area contributed by atoms with Crippen molar-refractivity contribution < 1.29 is 0 Å². The first-order chi connectivity index (χ1) is 12.9. The van der Waals surface area contributed by atoms with Crippen LogP contribution in [0.4, 0.5) is 5.69 Å². The molecular formula is C22H31N3S. The Morgan fingerprint density at radius 1 is 0.885 bits per heavy atom. The van der Waals surface area contributed by atoms with Gasteiger partial charge < -0.3 is 10.2 Å². The third-order valence-corrected chi connectivity index (χ3v) is 6.75. The van der Waals surface area contributed by atoms with E-state index < -0.39 is 0 Å². The Kier molecular flexibility index (Phi) is 6.26. The highest BCUT2D eigenvalue weighted by Crippen LogP contribution is 2.28. The third-order valence-electron chi connectivity index (χ3n) is 5.78. The van der Waals surface area contributed by atoms with E-state index >= 15 is 0 Å². The molecule has 2 fully saturated rings. The van der Waals surface area contributed by atoms with Crippen LogP contribution in [0.3, 0.4) is 0 Å². The van der Waals surface area contributed by atoms with Gasteiger partial charge in [-0.2, -0.15) is 0 Å². The average Bonchev–Trinajstić information content (AvgIpc) is 3.41. The molecule has 2 aliphatic rings. The van der Waals surface area contributed by atoms with Crippen LogP contribution in [0.15, 0.2) is 41.8 Å². The lowest BCUT2D eigenvalue weighted by Gasteiger charge is -2.29. The molecule has 0 radical (unpaired) electrons. The zero-order valence-corrected chi connectivity index (χ0v) is 16.5. The van der Waals surface area contributed by atoms with Gasteiger partial charge in [0.15, 0.2) is 0 Å². The number of benzene rings is 1. The molecule has 140 valence electrons. The van der Waals surface area contributed by atoms with Gasteiger partial charge in [0.2, 0.25) is 0 Å². The maximum Gasteiger partial charge on any atom is 0.0566 e. The van der Waals surface area contributed by atoms with Crippen molar-refractivity contribution in [2.75, 3.05) is 37.6 Å². The van der Waals surface area contributed by atoms with Gasteiger partial charge >= 0.3 is 0 Å². The topological polar surface area (TPSA) is 18.5 Å². The Balaban J connectivity index is 1.31. The molecule has 0 amide bonds. The summed E-state index contributed by atoms with van der Waals surface area (Å²) in [6, 6.07) is 14.2. The molecule has 26 heavy (non-hydrogen) atoms. The molecule has 1 aromatic carbocycles. The van der Waals surface area contributed by atoms with Gasteiger partial charge in [-0.15, -0.1) is 11.3 Å². The van der Waals surface area contributed by atoms with Crippen molar-refractivity contribution >= 4 is 17.0 Å². The quantitative estimate of drug-likeness (QED) is 0.765. The number of piperidine rings is 1. The summed E-state index contributed by atoms with van der Waals surface area (Å²) in [4.78, 5) is 6.68. The van der Waals surface area contributed by atoms with Crippen LogP contribution < -0.4 is 10.2 Å². The summed E-state index contributed by atoms with van der Waals surface area (Å²) >= 11 is 1.89. The molecule has 3 heterocycles. The molecule has 0 spiro atoms. The van der Waals surface area contributed by atoms with E-state index in [-0.39, 0.29) is 0 Å². The second kappa shape index (κ2) is 9.03. The molecule has 2 saturated heterocycles.